The van der Waals surface area contributed by atoms with Crippen molar-refractivity contribution in [3.8, 4) is 5.69 Å². The van der Waals surface area contributed by atoms with Crippen molar-refractivity contribution in [2.45, 2.75) is 33.9 Å². The first kappa shape index (κ1) is 18.7. The topological polar surface area (TPSA) is 73.8 Å². The number of imidazole rings is 1. The molecule has 0 fully saturated rings. The second-order valence-electron chi connectivity index (χ2n) is 6.94. The molecule has 2 aromatic heterocycles. The molecule has 1 amide bonds. The minimum atomic E-state index is -0.259. The number of carbonyl (C=O) groups excluding carboxylic acids is 1. The van der Waals surface area contributed by atoms with E-state index in [0.29, 0.717) is 12.2 Å². The molecule has 0 bridgehead atoms. The predicted molar refractivity (Wildman–Crippen MR) is 114 cm³/mol. The molecule has 2 heterocycles. The molecule has 4 rings (SSSR count). The van der Waals surface area contributed by atoms with Gasteiger partial charge in [-0.3, -0.25) is 13.9 Å². The van der Waals surface area contributed by atoms with Gasteiger partial charge in [0, 0.05) is 6.54 Å². The molecule has 0 saturated heterocycles. The van der Waals surface area contributed by atoms with Crippen LogP contribution in [0.2, 0.25) is 0 Å². The number of amides is 1. The van der Waals surface area contributed by atoms with Crippen LogP contribution in [-0.4, -0.2) is 24.8 Å². The summed E-state index contributed by atoms with van der Waals surface area (Å²) < 4.78 is 4.99. The van der Waals surface area contributed by atoms with Crippen molar-refractivity contribution in [1.29, 1.82) is 0 Å². The SMILES string of the molecule is CCn1c(=O)n(CC(=O)Nc2c(C)nn(-c3ccccc3)c2C)c2ccccc21. The maximum Gasteiger partial charge on any atom is 0.329 e. The Hall–Kier alpha value is -3.61. The second-order valence-corrected chi connectivity index (χ2v) is 6.94. The molecule has 0 radical (unpaired) electrons. The van der Waals surface area contributed by atoms with E-state index in [-0.39, 0.29) is 18.1 Å². The number of para-hydroxylation sites is 3. The van der Waals surface area contributed by atoms with Gasteiger partial charge in [0.1, 0.15) is 6.54 Å². The van der Waals surface area contributed by atoms with Gasteiger partial charge in [0.25, 0.3) is 0 Å². The van der Waals surface area contributed by atoms with Gasteiger partial charge in [0.2, 0.25) is 5.91 Å². The number of hydrogen-bond acceptors (Lipinski definition) is 3. The number of benzene rings is 2. The quantitative estimate of drug-likeness (QED) is 0.569. The van der Waals surface area contributed by atoms with Crippen molar-refractivity contribution in [3.63, 3.8) is 0 Å². The summed E-state index contributed by atoms with van der Waals surface area (Å²) in [5, 5.41) is 7.50. The Morgan fingerprint density at radius 3 is 2.24 bits per heavy atom. The van der Waals surface area contributed by atoms with Gasteiger partial charge in [-0.2, -0.15) is 5.10 Å². The van der Waals surface area contributed by atoms with Crippen LogP contribution in [0.1, 0.15) is 18.3 Å². The number of rotatable bonds is 5. The van der Waals surface area contributed by atoms with E-state index >= 15 is 0 Å². The zero-order chi connectivity index (χ0) is 20.5. The molecule has 0 atom stereocenters. The number of fused-ring (bicyclic) bond motifs is 1. The second kappa shape index (κ2) is 7.43. The Labute approximate surface area is 168 Å². The Morgan fingerprint density at radius 1 is 0.966 bits per heavy atom. The van der Waals surface area contributed by atoms with Gasteiger partial charge in [-0.15, -0.1) is 0 Å². The minimum Gasteiger partial charge on any atom is -0.321 e. The Kier molecular flexibility index (Phi) is 4.80. The molecule has 0 unspecified atom stereocenters. The van der Waals surface area contributed by atoms with Crippen molar-refractivity contribution in [2.75, 3.05) is 5.32 Å². The van der Waals surface area contributed by atoms with E-state index in [4.69, 9.17) is 0 Å². The van der Waals surface area contributed by atoms with E-state index in [1.807, 2.05) is 75.4 Å². The number of hydrogen-bond donors (Lipinski definition) is 1. The van der Waals surface area contributed by atoms with Crippen LogP contribution in [0.15, 0.2) is 59.4 Å². The monoisotopic (exact) mass is 389 g/mol. The summed E-state index contributed by atoms with van der Waals surface area (Å²) >= 11 is 0. The molecule has 0 spiro atoms. The molecule has 0 aliphatic heterocycles. The molecule has 0 aliphatic carbocycles. The van der Waals surface area contributed by atoms with Crippen LogP contribution in [-0.2, 0) is 17.9 Å². The molecule has 0 aliphatic rings. The first-order valence-corrected chi connectivity index (χ1v) is 9.60. The standard InChI is InChI=1S/C22H23N5O2/c1-4-25-18-12-8-9-13-19(18)26(22(25)29)14-20(28)23-21-15(2)24-27(16(21)3)17-10-6-5-7-11-17/h5-13H,4,14H2,1-3H3,(H,23,28). The summed E-state index contributed by atoms with van der Waals surface area (Å²) in [4.78, 5) is 25.6. The van der Waals surface area contributed by atoms with Gasteiger partial charge in [0.05, 0.1) is 33.8 Å². The molecule has 7 heteroatoms. The highest BCUT2D eigenvalue weighted by atomic mass is 16.2. The van der Waals surface area contributed by atoms with E-state index < -0.39 is 0 Å². The van der Waals surface area contributed by atoms with E-state index in [2.05, 4.69) is 10.4 Å². The van der Waals surface area contributed by atoms with Gasteiger partial charge in [-0.05, 0) is 45.0 Å². The lowest BCUT2D eigenvalue weighted by Gasteiger charge is -2.08. The summed E-state index contributed by atoms with van der Waals surface area (Å²) in [6, 6.07) is 17.3. The molecule has 29 heavy (non-hydrogen) atoms. The molecule has 2 aromatic carbocycles. The molecule has 4 aromatic rings. The lowest BCUT2D eigenvalue weighted by Crippen LogP contribution is -2.29. The normalized spacial score (nSPS) is 11.1. The highest BCUT2D eigenvalue weighted by Crippen LogP contribution is 2.23. The maximum atomic E-state index is 12.8. The first-order chi connectivity index (χ1) is 14.0. The fraction of sp³-hybridized carbons (Fsp3) is 0.227. The predicted octanol–water partition coefficient (Wildman–Crippen LogP) is 3.26. The van der Waals surface area contributed by atoms with Gasteiger partial charge in [-0.25, -0.2) is 9.48 Å². The summed E-state index contributed by atoms with van der Waals surface area (Å²) in [7, 11) is 0. The van der Waals surface area contributed by atoms with Crippen molar-refractivity contribution < 1.29 is 4.79 Å². The van der Waals surface area contributed by atoms with E-state index in [0.717, 1.165) is 28.1 Å². The third kappa shape index (κ3) is 3.24. The maximum absolute atomic E-state index is 12.8. The molecule has 1 N–H and O–H groups in total. The first-order valence-electron chi connectivity index (χ1n) is 9.60. The van der Waals surface area contributed by atoms with Gasteiger partial charge in [-0.1, -0.05) is 30.3 Å². The third-order valence-corrected chi connectivity index (χ3v) is 5.10. The highest BCUT2D eigenvalue weighted by Gasteiger charge is 2.18. The van der Waals surface area contributed by atoms with Crippen LogP contribution in [0.3, 0.4) is 0 Å². The van der Waals surface area contributed by atoms with Crippen LogP contribution in [0.4, 0.5) is 5.69 Å². The lowest BCUT2D eigenvalue weighted by atomic mass is 10.3. The van der Waals surface area contributed by atoms with Crippen molar-refractivity contribution >= 4 is 22.6 Å². The summed E-state index contributed by atoms with van der Waals surface area (Å²) in [5.41, 5.74) is 4.56. The highest BCUT2D eigenvalue weighted by molar-refractivity contribution is 5.92. The van der Waals surface area contributed by atoms with E-state index in [9.17, 15) is 9.59 Å². The summed E-state index contributed by atoms with van der Waals surface area (Å²) in [6.07, 6.45) is 0. The summed E-state index contributed by atoms with van der Waals surface area (Å²) in [5.74, 6) is -0.259. The number of aromatic nitrogens is 4. The molecule has 148 valence electrons. The number of anilines is 1. The number of aryl methyl sites for hydroxylation is 2. The van der Waals surface area contributed by atoms with Crippen LogP contribution in [0.5, 0.6) is 0 Å². The Balaban J connectivity index is 1.64. The van der Waals surface area contributed by atoms with E-state index in [1.54, 1.807) is 9.25 Å². The van der Waals surface area contributed by atoms with Gasteiger partial charge in [0.15, 0.2) is 0 Å². The molecular formula is C22H23N5O2. The van der Waals surface area contributed by atoms with Crippen molar-refractivity contribution in [3.05, 3.63) is 76.5 Å². The van der Waals surface area contributed by atoms with Crippen molar-refractivity contribution in [1.82, 2.24) is 18.9 Å². The molecule has 7 nitrogen and oxygen atoms in total. The largest absolute Gasteiger partial charge is 0.329 e. The number of nitrogens with zero attached hydrogens (tertiary/aromatic N) is 4. The Bertz CT molecular complexity index is 1250. The minimum absolute atomic E-state index is 0.0538. The fourth-order valence-electron chi connectivity index (χ4n) is 3.70. The molecule has 0 saturated carbocycles. The zero-order valence-corrected chi connectivity index (χ0v) is 16.7. The zero-order valence-electron chi connectivity index (χ0n) is 16.7. The Morgan fingerprint density at radius 2 is 1.59 bits per heavy atom. The van der Waals surface area contributed by atoms with Crippen LogP contribution in [0.25, 0.3) is 16.7 Å². The van der Waals surface area contributed by atoms with E-state index in [1.165, 1.54) is 4.57 Å². The smallest absolute Gasteiger partial charge is 0.321 e. The fourth-order valence-corrected chi connectivity index (χ4v) is 3.70. The number of nitrogens with one attached hydrogen (secondary N) is 1. The lowest BCUT2D eigenvalue weighted by molar-refractivity contribution is -0.116. The number of carbonyl (C=O) groups is 1. The molecular weight excluding hydrogens is 366 g/mol. The van der Waals surface area contributed by atoms with Crippen LogP contribution in [0, 0.1) is 13.8 Å². The van der Waals surface area contributed by atoms with Crippen LogP contribution < -0.4 is 11.0 Å². The van der Waals surface area contributed by atoms with Crippen LogP contribution >= 0.6 is 0 Å². The summed E-state index contributed by atoms with van der Waals surface area (Å²) in [6.45, 7) is 6.19. The van der Waals surface area contributed by atoms with Gasteiger partial charge < -0.3 is 5.32 Å². The van der Waals surface area contributed by atoms with Gasteiger partial charge >= 0.3 is 5.69 Å². The van der Waals surface area contributed by atoms with Crippen molar-refractivity contribution in [2.24, 2.45) is 0 Å². The third-order valence-electron chi connectivity index (χ3n) is 5.10. The average Bonchev–Trinajstić information content (AvgIpc) is 3.16. The average molecular weight is 389 g/mol.